The first-order chi connectivity index (χ1) is 7.09. The molecule has 1 aromatic heterocycles. The fourth-order valence-electron chi connectivity index (χ4n) is 1.33. The van der Waals surface area contributed by atoms with E-state index in [2.05, 4.69) is 9.40 Å². The Hall–Kier alpha value is -2.37. The first-order valence-corrected chi connectivity index (χ1v) is 3.99. The summed E-state index contributed by atoms with van der Waals surface area (Å²) >= 11 is 0. The lowest BCUT2D eigenvalue weighted by Gasteiger charge is -1.98. The number of rotatable bonds is 1. The van der Waals surface area contributed by atoms with Crippen LogP contribution in [0.1, 0.15) is 10.4 Å². The lowest BCUT2D eigenvalue weighted by Crippen LogP contribution is -2.16. The number of carboxylic acids is 1. The average molecular weight is 207 g/mol. The van der Waals surface area contributed by atoms with Crippen LogP contribution in [-0.2, 0) is 0 Å². The van der Waals surface area contributed by atoms with Gasteiger partial charge in [0.15, 0.2) is 0 Å². The largest absolute Gasteiger partial charge is 0.478 e. The maximum atomic E-state index is 11.3. The van der Waals surface area contributed by atoms with E-state index in [0.717, 1.165) is 0 Å². The molecule has 0 spiro atoms. The highest BCUT2D eigenvalue weighted by atomic mass is 16.4. The number of aromatic amines is 1. The van der Waals surface area contributed by atoms with Gasteiger partial charge in [-0.2, -0.15) is 0 Å². The maximum Gasteiger partial charge on any atom is 0.419 e. The number of fused-ring (bicyclic) bond motifs is 1. The molecule has 6 heteroatoms. The zero-order chi connectivity index (χ0) is 11.0. The average Bonchev–Trinajstić information content (AvgIpc) is 2.16. The number of carbonyl (C=O) groups is 1. The highest BCUT2D eigenvalue weighted by molar-refractivity contribution is 6.01. The maximum absolute atomic E-state index is 11.3. The molecule has 15 heavy (non-hydrogen) atoms. The van der Waals surface area contributed by atoms with Crippen molar-refractivity contribution in [1.82, 2.24) is 4.98 Å². The van der Waals surface area contributed by atoms with Crippen LogP contribution in [0.2, 0.25) is 0 Å². The molecule has 2 N–H and O–H groups in total. The smallest absolute Gasteiger partial charge is 0.419 e. The highest BCUT2D eigenvalue weighted by Gasteiger charge is 2.12. The van der Waals surface area contributed by atoms with Crippen LogP contribution >= 0.6 is 0 Å². The van der Waals surface area contributed by atoms with Crippen molar-refractivity contribution in [3.8, 4) is 0 Å². The molecule has 0 atom stereocenters. The second-order valence-corrected chi connectivity index (χ2v) is 2.84. The Labute approximate surface area is 81.8 Å². The van der Waals surface area contributed by atoms with Crippen LogP contribution in [0.5, 0.6) is 0 Å². The van der Waals surface area contributed by atoms with Crippen LogP contribution in [0, 0.1) is 0 Å². The SMILES string of the molecule is O=C(O)c1cccc2[nH]c(=O)oc(=O)c12. The van der Waals surface area contributed by atoms with Gasteiger partial charge in [-0.15, -0.1) is 0 Å². The van der Waals surface area contributed by atoms with Crippen LogP contribution in [0.15, 0.2) is 32.2 Å². The second kappa shape index (κ2) is 3.09. The monoisotopic (exact) mass is 207 g/mol. The van der Waals surface area contributed by atoms with Crippen molar-refractivity contribution in [2.75, 3.05) is 0 Å². The molecule has 0 aliphatic heterocycles. The number of aromatic nitrogens is 1. The van der Waals surface area contributed by atoms with Crippen LogP contribution in [0.4, 0.5) is 0 Å². The number of aromatic carboxylic acids is 1. The summed E-state index contributed by atoms with van der Waals surface area (Å²) in [6, 6.07) is 4.13. The van der Waals surface area contributed by atoms with Gasteiger partial charge in [0.2, 0.25) is 0 Å². The number of carboxylic acid groups (broad SMARTS) is 1. The van der Waals surface area contributed by atoms with Crippen LogP contribution < -0.4 is 11.4 Å². The highest BCUT2D eigenvalue weighted by Crippen LogP contribution is 2.11. The third kappa shape index (κ3) is 1.41. The molecule has 1 heterocycles. The lowest BCUT2D eigenvalue weighted by atomic mass is 10.1. The molecule has 1 aromatic carbocycles. The number of hydrogen-bond acceptors (Lipinski definition) is 4. The van der Waals surface area contributed by atoms with Gasteiger partial charge in [-0.25, -0.2) is 14.4 Å². The van der Waals surface area contributed by atoms with Crippen LogP contribution in [0.3, 0.4) is 0 Å². The topological polar surface area (TPSA) is 100 Å². The Bertz CT molecular complexity index is 651. The Kier molecular flexibility index (Phi) is 1.89. The molecular formula is C9H5NO5. The quantitative estimate of drug-likeness (QED) is 0.694. The van der Waals surface area contributed by atoms with E-state index < -0.39 is 17.4 Å². The fraction of sp³-hybridized carbons (Fsp3) is 0. The summed E-state index contributed by atoms with van der Waals surface area (Å²) < 4.78 is 4.25. The third-order valence-electron chi connectivity index (χ3n) is 1.92. The first-order valence-electron chi connectivity index (χ1n) is 3.99. The van der Waals surface area contributed by atoms with Crippen molar-refractivity contribution in [3.05, 3.63) is 44.7 Å². The van der Waals surface area contributed by atoms with Crippen molar-refractivity contribution < 1.29 is 14.3 Å². The van der Waals surface area contributed by atoms with Crippen molar-refractivity contribution in [1.29, 1.82) is 0 Å². The van der Waals surface area contributed by atoms with Gasteiger partial charge < -0.3 is 9.52 Å². The molecule has 6 nitrogen and oxygen atoms in total. The van der Waals surface area contributed by atoms with Gasteiger partial charge in [0.25, 0.3) is 0 Å². The van der Waals surface area contributed by atoms with E-state index in [-0.39, 0.29) is 16.5 Å². The van der Waals surface area contributed by atoms with Crippen LogP contribution in [0.25, 0.3) is 10.9 Å². The molecule has 0 bridgehead atoms. The molecule has 0 amide bonds. The predicted octanol–water partition coefficient (Wildman–Crippen LogP) is 0.179. The minimum Gasteiger partial charge on any atom is -0.478 e. The molecule has 0 radical (unpaired) electrons. The zero-order valence-electron chi connectivity index (χ0n) is 7.31. The van der Waals surface area contributed by atoms with E-state index in [1.807, 2.05) is 0 Å². The molecule has 0 unspecified atom stereocenters. The van der Waals surface area contributed by atoms with Gasteiger partial charge in [0.05, 0.1) is 16.5 Å². The van der Waals surface area contributed by atoms with Crippen LogP contribution in [-0.4, -0.2) is 16.1 Å². The van der Waals surface area contributed by atoms with E-state index in [1.54, 1.807) is 0 Å². The number of nitrogens with one attached hydrogen (secondary N) is 1. The van der Waals surface area contributed by atoms with Crippen molar-refractivity contribution in [2.45, 2.75) is 0 Å². The molecule has 2 aromatic rings. The molecule has 76 valence electrons. The Morgan fingerprint density at radius 1 is 1.33 bits per heavy atom. The molecule has 0 fully saturated rings. The van der Waals surface area contributed by atoms with E-state index in [9.17, 15) is 14.4 Å². The summed E-state index contributed by atoms with van der Waals surface area (Å²) in [5.74, 6) is -2.16. The standard InChI is InChI=1S/C9H5NO5/c11-7(12)4-2-1-3-5-6(4)8(13)15-9(14)10-5/h1-3H,(H,10,14)(H,11,12). The molecule has 0 aliphatic carbocycles. The zero-order valence-corrected chi connectivity index (χ0v) is 7.31. The molecule has 0 saturated heterocycles. The fourth-order valence-corrected chi connectivity index (χ4v) is 1.33. The number of H-pyrrole nitrogens is 1. The Balaban J connectivity index is 3.05. The summed E-state index contributed by atoms with van der Waals surface area (Å²) in [4.78, 5) is 35.1. The molecule has 2 rings (SSSR count). The summed E-state index contributed by atoms with van der Waals surface area (Å²) in [6.07, 6.45) is 0. The van der Waals surface area contributed by atoms with Gasteiger partial charge in [-0.05, 0) is 12.1 Å². The first kappa shape index (κ1) is 9.20. The minimum atomic E-state index is -1.25. The molecule has 0 saturated carbocycles. The molecular weight excluding hydrogens is 202 g/mol. The Morgan fingerprint density at radius 2 is 2.07 bits per heavy atom. The predicted molar refractivity (Wildman–Crippen MR) is 50.1 cm³/mol. The lowest BCUT2D eigenvalue weighted by molar-refractivity contribution is 0.0698. The minimum absolute atomic E-state index is 0.135. The van der Waals surface area contributed by atoms with Gasteiger partial charge in [-0.1, -0.05) is 6.07 Å². The molecule has 0 aliphatic rings. The van der Waals surface area contributed by atoms with Crippen molar-refractivity contribution >= 4 is 16.9 Å². The van der Waals surface area contributed by atoms with Gasteiger partial charge in [-0.3, -0.25) is 4.98 Å². The normalized spacial score (nSPS) is 10.4. The van der Waals surface area contributed by atoms with Crippen molar-refractivity contribution in [2.24, 2.45) is 0 Å². The summed E-state index contributed by atoms with van der Waals surface area (Å²) in [5.41, 5.74) is -1.000. The summed E-state index contributed by atoms with van der Waals surface area (Å²) in [7, 11) is 0. The van der Waals surface area contributed by atoms with Gasteiger partial charge in [0.1, 0.15) is 0 Å². The van der Waals surface area contributed by atoms with Gasteiger partial charge >= 0.3 is 17.4 Å². The Morgan fingerprint density at radius 3 is 2.73 bits per heavy atom. The second-order valence-electron chi connectivity index (χ2n) is 2.84. The van der Waals surface area contributed by atoms with Crippen molar-refractivity contribution in [3.63, 3.8) is 0 Å². The van der Waals surface area contributed by atoms with E-state index in [4.69, 9.17) is 5.11 Å². The van der Waals surface area contributed by atoms with E-state index in [1.165, 1.54) is 18.2 Å². The number of hydrogen-bond donors (Lipinski definition) is 2. The summed E-state index contributed by atoms with van der Waals surface area (Å²) in [5, 5.41) is 8.67. The number of benzene rings is 1. The van der Waals surface area contributed by atoms with E-state index in [0.29, 0.717) is 0 Å². The van der Waals surface area contributed by atoms with Gasteiger partial charge in [0, 0.05) is 0 Å². The van der Waals surface area contributed by atoms with E-state index >= 15 is 0 Å². The summed E-state index contributed by atoms with van der Waals surface area (Å²) in [6.45, 7) is 0. The third-order valence-corrected chi connectivity index (χ3v) is 1.92.